The van der Waals surface area contributed by atoms with Gasteiger partial charge in [0.15, 0.2) is 0 Å². The van der Waals surface area contributed by atoms with Crippen LogP contribution in [0.3, 0.4) is 0 Å². The summed E-state index contributed by atoms with van der Waals surface area (Å²) in [5, 5.41) is 0. The molecule has 0 aliphatic carbocycles. The second kappa shape index (κ2) is 6.99. The first-order valence-corrected chi connectivity index (χ1v) is 13.1. The van der Waals surface area contributed by atoms with Gasteiger partial charge >= 0.3 is 0 Å². The first-order chi connectivity index (χ1) is 12.4. The summed E-state index contributed by atoms with van der Waals surface area (Å²) in [4.78, 5) is 1.58. The number of nitrogens with zero attached hydrogens (tertiary/aromatic N) is 2. The van der Waals surface area contributed by atoms with Crippen LogP contribution in [0.2, 0.25) is 0 Å². The van der Waals surface area contributed by atoms with Crippen molar-refractivity contribution in [3.05, 3.63) is 24.3 Å². The van der Waals surface area contributed by atoms with Gasteiger partial charge in [-0.3, -0.25) is 0 Å². The fourth-order valence-electron chi connectivity index (χ4n) is 3.29. The summed E-state index contributed by atoms with van der Waals surface area (Å²) in [6, 6.07) is 6.79. The highest BCUT2D eigenvalue weighted by Crippen LogP contribution is 2.38. The topological polar surface area (TPSA) is 74.8 Å². The van der Waals surface area contributed by atoms with Crippen molar-refractivity contribution in [2.24, 2.45) is 0 Å². The first-order valence-electron chi connectivity index (χ1n) is 8.59. The number of thiophene rings is 2. The Kier molecular flexibility index (Phi) is 4.99. The number of rotatable bonds is 5. The van der Waals surface area contributed by atoms with Gasteiger partial charge in [0.25, 0.3) is 20.0 Å². The lowest BCUT2D eigenvalue weighted by molar-refractivity contribution is 0.478. The van der Waals surface area contributed by atoms with Crippen molar-refractivity contribution in [1.29, 1.82) is 0 Å². The summed E-state index contributed by atoms with van der Waals surface area (Å²) in [7, 11) is -6.86. The number of sulfonamides is 2. The lowest BCUT2D eigenvalue weighted by Gasteiger charge is -2.13. The van der Waals surface area contributed by atoms with Crippen LogP contribution in [0, 0.1) is 0 Å². The van der Waals surface area contributed by atoms with Crippen molar-refractivity contribution in [3.8, 4) is 9.75 Å². The van der Waals surface area contributed by atoms with Crippen LogP contribution >= 0.6 is 22.7 Å². The molecular formula is C16H20N2O4S4. The molecule has 2 aromatic heterocycles. The molecule has 26 heavy (non-hydrogen) atoms. The highest BCUT2D eigenvalue weighted by atomic mass is 32.3. The van der Waals surface area contributed by atoms with Crippen LogP contribution in [0.1, 0.15) is 25.7 Å². The predicted octanol–water partition coefficient (Wildman–Crippen LogP) is 3.05. The van der Waals surface area contributed by atoms with Crippen LogP contribution in [0.25, 0.3) is 9.75 Å². The third-order valence-electron chi connectivity index (χ3n) is 4.72. The highest BCUT2D eigenvalue weighted by molar-refractivity contribution is 7.91. The molecule has 4 heterocycles. The van der Waals surface area contributed by atoms with E-state index in [1.807, 2.05) is 0 Å². The van der Waals surface area contributed by atoms with E-state index >= 15 is 0 Å². The molecular weight excluding hydrogens is 412 g/mol. The molecule has 0 spiro atoms. The third kappa shape index (κ3) is 3.27. The fraction of sp³-hybridized carbons (Fsp3) is 0.500. The average Bonchev–Trinajstić information content (AvgIpc) is 3.44. The Bertz CT molecular complexity index is 912. The third-order valence-corrected chi connectivity index (χ3v) is 11.8. The Morgan fingerprint density at radius 1 is 0.615 bits per heavy atom. The van der Waals surface area contributed by atoms with E-state index in [0.29, 0.717) is 34.6 Å². The Morgan fingerprint density at radius 3 is 1.31 bits per heavy atom. The molecule has 2 aliphatic heterocycles. The summed E-state index contributed by atoms with van der Waals surface area (Å²) in [6.45, 7) is 2.30. The van der Waals surface area contributed by atoms with Crippen molar-refractivity contribution in [2.45, 2.75) is 34.1 Å². The lowest BCUT2D eigenvalue weighted by Crippen LogP contribution is -2.27. The van der Waals surface area contributed by atoms with Gasteiger partial charge in [-0.1, -0.05) is 0 Å². The van der Waals surface area contributed by atoms with Gasteiger partial charge in [0.05, 0.1) is 0 Å². The van der Waals surface area contributed by atoms with Crippen molar-refractivity contribution in [2.75, 3.05) is 26.2 Å². The summed E-state index contributed by atoms with van der Waals surface area (Å²) in [5.74, 6) is 0. The molecule has 0 radical (unpaired) electrons. The standard InChI is InChI=1S/C16H20N2O4S4/c19-25(20,17-9-1-2-10-17)15-7-5-13(23-15)14-6-8-16(24-14)26(21,22)18-11-3-4-12-18/h5-8H,1-4,9-12H2. The van der Waals surface area contributed by atoms with E-state index < -0.39 is 20.0 Å². The van der Waals surface area contributed by atoms with Crippen molar-refractivity contribution in [1.82, 2.24) is 8.61 Å². The van der Waals surface area contributed by atoms with Crippen LogP contribution in [0.4, 0.5) is 0 Å². The van der Waals surface area contributed by atoms with E-state index in [2.05, 4.69) is 0 Å². The molecule has 2 fully saturated rings. The van der Waals surface area contributed by atoms with Crippen LogP contribution in [0.15, 0.2) is 32.7 Å². The quantitative estimate of drug-likeness (QED) is 0.728. The van der Waals surface area contributed by atoms with Gasteiger partial charge in [0.2, 0.25) is 0 Å². The van der Waals surface area contributed by atoms with E-state index in [1.54, 1.807) is 24.3 Å². The minimum absolute atomic E-state index is 0.326. The van der Waals surface area contributed by atoms with Crippen molar-refractivity contribution < 1.29 is 16.8 Å². The van der Waals surface area contributed by atoms with Crippen LogP contribution in [-0.2, 0) is 20.0 Å². The van der Waals surface area contributed by atoms with E-state index in [-0.39, 0.29) is 0 Å². The minimum Gasteiger partial charge on any atom is -0.206 e. The SMILES string of the molecule is O=S(=O)(c1ccc(-c2ccc(S(=O)(=O)N3CCCC3)s2)s1)N1CCCC1. The average molecular weight is 433 g/mol. The molecule has 2 saturated heterocycles. The lowest BCUT2D eigenvalue weighted by atomic mass is 10.4. The van der Waals surface area contributed by atoms with Crippen molar-refractivity contribution in [3.63, 3.8) is 0 Å². The first kappa shape index (κ1) is 18.6. The molecule has 0 N–H and O–H groups in total. The summed E-state index contributed by atoms with van der Waals surface area (Å²) in [6.07, 6.45) is 3.61. The minimum atomic E-state index is -3.43. The molecule has 0 bridgehead atoms. The molecule has 0 amide bonds. The summed E-state index contributed by atoms with van der Waals surface area (Å²) < 4.78 is 54.3. The van der Waals surface area contributed by atoms with E-state index in [4.69, 9.17) is 0 Å². The Labute approximate surface area is 162 Å². The maximum Gasteiger partial charge on any atom is 0.252 e. The maximum atomic E-state index is 12.7. The molecule has 2 aromatic rings. The van der Waals surface area contributed by atoms with Crippen LogP contribution in [0.5, 0.6) is 0 Å². The zero-order valence-electron chi connectivity index (χ0n) is 14.1. The summed E-state index contributed by atoms with van der Waals surface area (Å²) >= 11 is 2.42. The molecule has 0 aromatic carbocycles. The highest BCUT2D eigenvalue weighted by Gasteiger charge is 2.30. The van der Waals surface area contributed by atoms with Gasteiger partial charge in [-0.15, -0.1) is 22.7 Å². The molecule has 0 saturated carbocycles. The fourth-order valence-corrected chi connectivity index (χ4v) is 9.34. The maximum absolute atomic E-state index is 12.7. The molecule has 0 unspecified atom stereocenters. The Balaban J connectivity index is 1.60. The van der Waals surface area contributed by atoms with E-state index in [9.17, 15) is 16.8 Å². The second-order valence-electron chi connectivity index (χ2n) is 6.46. The summed E-state index contributed by atoms with van der Waals surface area (Å²) in [5.41, 5.74) is 0. The molecule has 2 aliphatic rings. The smallest absolute Gasteiger partial charge is 0.206 e. The van der Waals surface area contributed by atoms with Crippen LogP contribution in [-0.4, -0.2) is 51.6 Å². The van der Waals surface area contributed by atoms with Gasteiger partial charge in [0.1, 0.15) is 8.42 Å². The Morgan fingerprint density at radius 2 is 0.962 bits per heavy atom. The van der Waals surface area contributed by atoms with Gasteiger partial charge < -0.3 is 0 Å². The second-order valence-corrected chi connectivity index (χ2v) is 13.0. The van der Waals surface area contributed by atoms with Gasteiger partial charge in [0, 0.05) is 35.9 Å². The monoisotopic (exact) mass is 432 g/mol. The van der Waals surface area contributed by atoms with Gasteiger partial charge in [-0.2, -0.15) is 8.61 Å². The molecule has 0 atom stereocenters. The zero-order valence-corrected chi connectivity index (χ0v) is 17.4. The van der Waals surface area contributed by atoms with Crippen molar-refractivity contribution >= 4 is 42.7 Å². The molecule has 4 rings (SSSR count). The largest absolute Gasteiger partial charge is 0.252 e. The van der Waals surface area contributed by atoms with Crippen LogP contribution < -0.4 is 0 Å². The van der Waals surface area contributed by atoms with Gasteiger partial charge in [-0.05, 0) is 49.9 Å². The van der Waals surface area contributed by atoms with Gasteiger partial charge in [-0.25, -0.2) is 16.8 Å². The number of hydrogen-bond donors (Lipinski definition) is 0. The normalized spacial score (nSPS) is 20.2. The Hall–Kier alpha value is -0.780. The van der Waals surface area contributed by atoms with E-state index in [1.165, 1.54) is 31.3 Å². The molecule has 6 nitrogen and oxygen atoms in total. The van der Waals surface area contributed by atoms with E-state index in [0.717, 1.165) is 35.4 Å². The molecule has 10 heteroatoms. The predicted molar refractivity (Wildman–Crippen MR) is 104 cm³/mol. The zero-order chi connectivity index (χ0) is 18.4. The number of hydrogen-bond acceptors (Lipinski definition) is 6. The molecule has 142 valence electrons.